The average molecular weight is 342 g/mol. The number of amides is 1. The molecule has 0 aliphatic rings. The number of aryl methyl sites for hydroxylation is 1. The number of benzene rings is 1. The Hall–Kier alpha value is -2.80. The minimum absolute atomic E-state index is 0.195. The highest BCUT2D eigenvalue weighted by Gasteiger charge is 2.16. The van der Waals surface area contributed by atoms with Crippen LogP contribution in [0.25, 0.3) is 22.3 Å². The molecule has 1 aromatic carbocycles. The van der Waals surface area contributed by atoms with Gasteiger partial charge in [-0.2, -0.15) is 5.10 Å². The first-order valence-corrected chi connectivity index (χ1v) is 7.96. The zero-order valence-corrected chi connectivity index (χ0v) is 14.1. The van der Waals surface area contributed by atoms with Gasteiger partial charge in [-0.25, -0.2) is 9.37 Å². The number of pyridine rings is 1. The molecule has 25 heavy (non-hydrogen) atoms. The molecule has 3 rings (SSSR count). The van der Waals surface area contributed by atoms with Gasteiger partial charge in [0.1, 0.15) is 5.82 Å². The molecule has 0 bridgehead atoms. The Kier molecular flexibility index (Phi) is 5.04. The van der Waals surface area contributed by atoms with Crippen molar-refractivity contribution in [1.82, 2.24) is 20.1 Å². The number of hydrogen-bond donors (Lipinski definition) is 1. The molecular formula is C18H19FN4O2. The fourth-order valence-corrected chi connectivity index (χ4v) is 2.58. The predicted octanol–water partition coefficient (Wildman–Crippen LogP) is 2.54. The summed E-state index contributed by atoms with van der Waals surface area (Å²) in [6.07, 6.45) is 2.36. The fourth-order valence-electron chi connectivity index (χ4n) is 2.58. The summed E-state index contributed by atoms with van der Waals surface area (Å²) in [5.41, 5.74) is 2.43. The van der Waals surface area contributed by atoms with Gasteiger partial charge in [-0.1, -0.05) is 0 Å². The van der Waals surface area contributed by atoms with Crippen LogP contribution in [-0.4, -0.2) is 40.9 Å². The van der Waals surface area contributed by atoms with Crippen molar-refractivity contribution >= 4 is 16.9 Å². The Morgan fingerprint density at radius 3 is 2.80 bits per heavy atom. The average Bonchev–Trinajstić information content (AvgIpc) is 2.99. The van der Waals surface area contributed by atoms with E-state index in [2.05, 4.69) is 15.4 Å². The van der Waals surface area contributed by atoms with Crippen molar-refractivity contribution in [2.45, 2.75) is 6.42 Å². The summed E-state index contributed by atoms with van der Waals surface area (Å²) in [6.45, 7) is 1.10. The van der Waals surface area contributed by atoms with Gasteiger partial charge in [-0.15, -0.1) is 0 Å². The lowest BCUT2D eigenvalue weighted by atomic mass is 10.1. The number of fused-ring (bicyclic) bond motifs is 1. The van der Waals surface area contributed by atoms with E-state index in [0.29, 0.717) is 35.4 Å². The van der Waals surface area contributed by atoms with E-state index < -0.39 is 0 Å². The van der Waals surface area contributed by atoms with E-state index in [1.54, 1.807) is 43.2 Å². The van der Waals surface area contributed by atoms with E-state index in [0.717, 1.165) is 12.0 Å². The van der Waals surface area contributed by atoms with Crippen LogP contribution in [0.5, 0.6) is 0 Å². The molecular weight excluding hydrogens is 323 g/mol. The van der Waals surface area contributed by atoms with E-state index in [1.165, 1.54) is 12.1 Å². The normalized spacial score (nSPS) is 11.0. The summed E-state index contributed by atoms with van der Waals surface area (Å²) in [6, 6.07) is 7.73. The highest BCUT2D eigenvalue weighted by molar-refractivity contribution is 6.06. The second-order valence-corrected chi connectivity index (χ2v) is 5.67. The van der Waals surface area contributed by atoms with E-state index in [-0.39, 0.29) is 11.7 Å². The van der Waals surface area contributed by atoms with Crippen LogP contribution in [-0.2, 0) is 11.8 Å². The third kappa shape index (κ3) is 3.66. The zero-order chi connectivity index (χ0) is 17.8. The molecule has 130 valence electrons. The van der Waals surface area contributed by atoms with Crippen LogP contribution in [0, 0.1) is 5.82 Å². The lowest BCUT2D eigenvalue weighted by Gasteiger charge is -2.09. The highest BCUT2D eigenvalue weighted by Crippen LogP contribution is 2.24. The molecule has 0 spiro atoms. The first-order valence-electron chi connectivity index (χ1n) is 7.96. The molecule has 2 heterocycles. The first-order chi connectivity index (χ1) is 12.1. The summed E-state index contributed by atoms with van der Waals surface area (Å²) < 4.78 is 19.8. The molecule has 0 aliphatic carbocycles. The second-order valence-electron chi connectivity index (χ2n) is 5.67. The smallest absolute Gasteiger partial charge is 0.252 e. The number of ether oxygens (including phenoxy) is 1. The van der Waals surface area contributed by atoms with E-state index in [4.69, 9.17) is 4.74 Å². The molecule has 6 nitrogen and oxygen atoms in total. The summed E-state index contributed by atoms with van der Waals surface area (Å²) in [5.74, 6) is -0.513. The number of carbonyl (C=O) groups is 1. The maximum absolute atomic E-state index is 13.2. The van der Waals surface area contributed by atoms with Gasteiger partial charge in [0.25, 0.3) is 5.91 Å². The minimum Gasteiger partial charge on any atom is -0.385 e. The molecule has 0 fully saturated rings. The number of nitrogens with zero attached hydrogens (tertiary/aromatic N) is 3. The molecule has 1 amide bonds. The largest absolute Gasteiger partial charge is 0.385 e. The monoisotopic (exact) mass is 342 g/mol. The molecule has 0 radical (unpaired) electrons. The van der Waals surface area contributed by atoms with Crippen LogP contribution < -0.4 is 5.32 Å². The second kappa shape index (κ2) is 7.40. The van der Waals surface area contributed by atoms with Crippen LogP contribution >= 0.6 is 0 Å². The maximum atomic E-state index is 13.2. The maximum Gasteiger partial charge on any atom is 0.252 e. The molecule has 7 heteroatoms. The Balaban J connectivity index is 1.98. The summed E-state index contributed by atoms with van der Waals surface area (Å²) >= 11 is 0. The molecule has 0 aliphatic heterocycles. The lowest BCUT2D eigenvalue weighted by Crippen LogP contribution is -2.25. The van der Waals surface area contributed by atoms with Crippen LogP contribution in [0.1, 0.15) is 16.8 Å². The molecule has 3 aromatic rings. The third-order valence-corrected chi connectivity index (χ3v) is 3.90. The first kappa shape index (κ1) is 17.0. The Morgan fingerprint density at radius 2 is 2.08 bits per heavy atom. The van der Waals surface area contributed by atoms with Crippen LogP contribution in [0.2, 0.25) is 0 Å². The number of carbonyl (C=O) groups excluding carboxylic acids is 1. The Bertz CT molecular complexity index is 890. The van der Waals surface area contributed by atoms with Gasteiger partial charge in [0.05, 0.1) is 22.8 Å². The van der Waals surface area contributed by atoms with Crippen molar-refractivity contribution in [1.29, 1.82) is 0 Å². The van der Waals surface area contributed by atoms with Crippen molar-refractivity contribution in [3.63, 3.8) is 0 Å². The molecule has 1 N–H and O–H groups in total. The van der Waals surface area contributed by atoms with Crippen molar-refractivity contribution in [3.8, 4) is 11.3 Å². The zero-order valence-electron chi connectivity index (χ0n) is 14.1. The van der Waals surface area contributed by atoms with Crippen LogP contribution in [0.3, 0.4) is 0 Å². The number of nitrogens with one attached hydrogen (secondary N) is 1. The van der Waals surface area contributed by atoms with Crippen molar-refractivity contribution in [2.75, 3.05) is 20.3 Å². The minimum atomic E-state index is -0.318. The number of halogens is 1. The van der Waals surface area contributed by atoms with E-state index in [9.17, 15) is 9.18 Å². The van der Waals surface area contributed by atoms with Crippen molar-refractivity contribution < 1.29 is 13.9 Å². The molecule has 0 unspecified atom stereocenters. The van der Waals surface area contributed by atoms with Crippen molar-refractivity contribution in [3.05, 3.63) is 47.9 Å². The SMILES string of the molecule is COCCCNC(=O)c1cc(-c2ccc(F)cc2)nc2c1cnn2C. The number of rotatable bonds is 6. The summed E-state index contributed by atoms with van der Waals surface area (Å²) in [5, 5.41) is 7.75. The standard InChI is InChI=1S/C18H19FN4O2/c1-23-17-15(11-21-23)14(18(24)20-8-3-9-25-2)10-16(22-17)12-4-6-13(19)7-5-12/h4-7,10-11H,3,8-9H2,1-2H3,(H,20,24). The molecule has 0 saturated carbocycles. The van der Waals surface area contributed by atoms with Gasteiger partial charge >= 0.3 is 0 Å². The summed E-state index contributed by atoms with van der Waals surface area (Å²) in [4.78, 5) is 17.2. The highest BCUT2D eigenvalue weighted by atomic mass is 19.1. The number of hydrogen-bond acceptors (Lipinski definition) is 4. The fraction of sp³-hybridized carbons (Fsp3) is 0.278. The molecule has 0 atom stereocenters. The van der Waals surface area contributed by atoms with Gasteiger partial charge in [0.2, 0.25) is 0 Å². The van der Waals surface area contributed by atoms with Gasteiger partial charge < -0.3 is 10.1 Å². The molecule has 0 saturated heterocycles. The van der Waals surface area contributed by atoms with E-state index in [1.807, 2.05) is 0 Å². The van der Waals surface area contributed by atoms with Gasteiger partial charge in [-0.3, -0.25) is 9.48 Å². The van der Waals surface area contributed by atoms with Crippen molar-refractivity contribution in [2.24, 2.45) is 7.05 Å². The third-order valence-electron chi connectivity index (χ3n) is 3.90. The van der Waals surface area contributed by atoms with Crippen LogP contribution in [0.4, 0.5) is 4.39 Å². The Labute approximate surface area is 144 Å². The van der Waals surface area contributed by atoms with Gasteiger partial charge in [0, 0.05) is 32.9 Å². The van der Waals surface area contributed by atoms with E-state index >= 15 is 0 Å². The van der Waals surface area contributed by atoms with Crippen LogP contribution in [0.15, 0.2) is 36.5 Å². The number of aromatic nitrogens is 3. The quantitative estimate of drug-likeness (QED) is 0.699. The number of methoxy groups -OCH3 is 1. The predicted molar refractivity (Wildman–Crippen MR) is 92.7 cm³/mol. The Morgan fingerprint density at radius 1 is 1.32 bits per heavy atom. The summed E-state index contributed by atoms with van der Waals surface area (Å²) in [7, 11) is 3.39. The van der Waals surface area contributed by atoms with Gasteiger partial charge in [-0.05, 0) is 36.8 Å². The molecule has 2 aromatic heterocycles. The van der Waals surface area contributed by atoms with Gasteiger partial charge in [0.15, 0.2) is 5.65 Å². The topological polar surface area (TPSA) is 69.0 Å². The lowest BCUT2D eigenvalue weighted by molar-refractivity contribution is 0.0950.